The van der Waals surface area contributed by atoms with Gasteiger partial charge in [-0.25, -0.2) is 0 Å². The predicted octanol–water partition coefficient (Wildman–Crippen LogP) is 0.285. The van der Waals surface area contributed by atoms with Gasteiger partial charge in [0.05, 0.1) is 18.0 Å². The third-order valence-electron chi connectivity index (χ3n) is 3.99. The Bertz CT molecular complexity index is 794. The van der Waals surface area contributed by atoms with Gasteiger partial charge < -0.3 is 20.6 Å². The predicted molar refractivity (Wildman–Crippen MR) is 102 cm³/mol. The maximum atomic E-state index is 12.8. The molecule has 0 saturated heterocycles. The minimum Gasteiger partial charge on any atom is -0.480 e. The third-order valence-corrected chi connectivity index (χ3v) is 3.99. The minimum absolute atomic E-state index is 0.199. The molecule has 0 unspecified atom stereocenters. The van der Waals surface area contributed by atoms with Gasteiger partial charge in [-0.05, 0) is 5.92 Å². The van der Waals surface area contributed by atoms with Crippen molar-refractivity contribution < 1.29 is 29.2 Å². The van der Waals surface area contributed by atoms with Crippen LogP contribution in [0.2, 0.25) is 0 Å². The summed E-state index contributed by atoms with van der Waals surface area (Å²) in [6, 6.07) is 4.68. The molecule has 1 atom stereocenters. The Morgan fingerprint density at radius 3 is 2.28 bits per heavy atom. The number of hydrogen-bond acceptors (Lipinski definition) is 6. The highest BCUT2D eigenvalue weighted by molar-refractivity contribution is 5.91. The van der Waals surface area contributed by atoms with E-state index < -0.39 is 53.7 Å². The van der Waals surface area contributed by atoms with Gasteiger partial charge >= 0.3 is 5.97 Å². The zero-order valence-electron chi connectivity index (χ0n) is 16.4. The van der Waals surface area contributed by atoms with Gasteiger partial charge in [0, 0.05) is 18.6 Å². The zero-order chi connectivity index (χ0) is 22.1. The van der Waals surface area contributed by atoms with Gasteiger partial charge in [-0.2, -0.15) is 0 Å². The summed E-state index contributed by atoms with van der Waals surface area (Å²) < 4.78 is 0. The number of carbonyl (C=O) groups excluding carboxylic acids is 3. The molecule has 29 heavy (non-hydrogen) atoms. The highest BCUT2D eigenvalue weighted by Crippen LogP contribution is 2.22. The smallest absolute Gasteiger partial charge is 0.322 e. The van der Waals surface area contributed by atoms with Gasteiger partial charge in [0.2, 0.25) is 17.7 Å². The molecule has 0 bridgehead atoms. The maximum Gasteiger partial charge on any atom is 0.322 e. The van der Waals surface area contributed by atoms with Crippen LogP contribution in [0, 0.1) is 16.0 Å². The van der Waals surface area contributed by atoms with Crippen LogP contribution >= 0.6 is 0 Å². The first-order chi connectivity index (χ1) is 13.5. The van der Waals surface area contributed by atoms with E-state index in [0.29, 0.717) is 0 Å². The molecule has 0 saturated carbocycles. The normalized spacial score (nSPS) is 11.4. The number of amides is 3. The summed E-state index contributed by atoms with van der Waals surface area (Å²) in [5.74, 6) is -3.50. The first-order valence-electron chi connectivity index (χ1n) is 8.80. The summed E-state index contributed by atoms with van der Waals surface area (Å²) in [6.45, 7) is 3.22. The van der Waals surface area contributed by atoms with Crippen LogP contribution in [0.3, 0.4) is 0 Å². The fourth-order valence-electron chi connectivity index (χ4n) is 2.72. The molecule has 11 nitrogen and oxygen atoms in total. The average Bonchev–Trinajstić information content (AvgIpc) is 2.63. The molecule has 0 heterocycles. The molecule has 1 aromatic rings. The second kappa shape index (κ2) is 10.7. The number of benzene rings is 1. The average molecular weight is 408 g/mol. The summed E-state index contributed by atoms with van der Waals surface area (Å²) >= 11 is 0. The first-order valence-corrected chi connectivity index (χ1v) is 8.80. The number of rotatable bonds is 10. The number of carboxylic acids is 1. The van der Waals surface area contributed by atoms with Crippen LogP contribution in [-0.2, 0) is 25.7 Å². The van der Waals surface area contributed by atoms with Crippen molar-refractivity contribution in [3.05, 3.63) is 39.9 Å². The van der Waals surface area contributed by atoms with Gasteiger partial charge in [-0.3, -0.25) is 29.3 Å². The number of nitro benzene ring substituents is 1. The Labute approximate surface area is 167 Å². The van der Waals surface area contributed by atoms with Crippen molar-refractivity contribution >= 4 is 29.4 Å². The van der Waals surface area contributed by atoms with E-state index in [1.807, 2.05) is 0 Å². The number of carbonyl (C=O) groups is 4. The van der Waals surface area contributed by atoms with E-state index in [2.05, 4.69) is 10.6 Å². The van der Waals surface area contributed by atoms with Gasteiger partial charge in [0.25, 0.3) is 5.69 Å². The van der Waals surface area contributed by atoms with Crippen LogP contribution < -0.4 is 10.6 Å². The lowest BCUT2D eigenvalue weighted by molar-refractivity contribution is -0.385. The number of nitro groups is 1. The maximum absolute atomic E-state index is 12.8. The number of aliphatic carboxylic acids is 1. The van der Waals surface area contributed by atoms with E-state index >= 15 is 0 Å². The summed E-state index contributed by atoms with van der Waals surface area (Å²) in [6.07, 6.45) is 0. The van der Waals surface area contributed by atoms with E-state index in [4.69, 9.17) is 5.11 Å². The van der Waals surface area contributed by atoms with Gasteiger partial charge in [-0.1, -0.05) is 32.0 Å². The molecule has 0 radical (unpaired) electrons. The molecule has 158 valence electrons. The number of carboxylic acid groups (broad SMARTS) is 1. The van der Waals surface area contributed by atoms with E-state index in [0.717, 1.165) is 4.90 Å². The van der Waals surface area contributed by atoms with E-state index in [1.54, 1.807) is 19.9 Å². The number of hydrogen-bond donors (Lipinski definition) is 3. The molecular formula is C18H24N4O7. The van der Waals surface area contributed by atoms with Crippen molar-refractivity contribution in [1.29, 1.82) is 0 Å². The largest absolute Gasteiger partial charge is 0.480 e. The summed E-state index contributed by atoms with van der Waals surface area (Å²) in [7, 11) is 0. The monoisotopic (exact) mass is 408 g/mol. The van der Waals surface area contributed by atoms with Crippen molar-refractivity contribution in [3.8, 4) is 0 Å². The van der Waals surface area contributed by atoms with Crippen LogP contribution in [0.25, 0.3) is 0 Å². The molecule has 3 N–H and O–H groups in total. The Morgan fingerprint density at radius 2 is 1.76 bits per heavy atom. The second-order valence-electron chi connectivity index (χ2n) is 6.62. The van der Waals surface area contributed by atoms with Crippen molar-refractivity contribution in [2.45, 2.75) is 33.4 Å². The molecule has 1 rings (SSSR count). The topological polar surface area (TPSA) is 159 Å². The van der Waals surface area contributed by atoms with Crippen molar-refractivity contribution in [2.24, 2.45) is 5.92 Å². The van der Waals surface area contributed by atoms with Crippen LogP contribution in [0.4, 0.5) is 5.69 Å². The van der Waals surface area contributed by atoms with Crippen LogP contribution in [0.5, 0.6) is 0 Å². The second-order valence-corrected chi connectivity index (χ2v) is 6.62. The minimum atomic E-state index is -1.25. The number of nitrogens with zero attached hydrogens (tertiary/aromatic N) is 2. The molecule has 0 fully saturated rings. The summed E-state index contributed by atoms with van der Waals surface area (Å²) in [4.78, 5) is 59.1. The third kappa shape index (κ3) is 7.20. The Morgan fingerprint density at radius 1 is 1.14 bits per heavy atom. The zero-order valence-corrected chi connectivity index (χ0v) is 16.4. The molecule has 3 amide bonds. The summed E-state index contributed by atoms with van der Waals surface area (Å²) in [5.41, 5.74) is -0.0244. The molecule has 11 heteroatoms. The molecule has 0 spiro atoms. The molecule has 0 aliphatic rings. The van der Waals surface area contributed by atoms with E-state index in [-0.39, 0.29) is 17.8 Å². The molecular weight excluding hydrogens is 384 g/mol. The first kappa shape index (κ1) is 23.5. The van der Waals surface area contributed by atoms with E-state index in [9.17, 15) is 29.3 Å². The Balaban J connectivity index is 3.28. The van der Waals surface area contributed by atoms with Crippen LogP contribution in [0.15, 0.2) is 24.3 Å². The standard InChI is InChI=1S/C18H24N4O7/c1-11(2)17(18(27)20-9-16(25)26)21(15(24)8-19-12(3)23)10-13-6-4-5-7-14(13)22(28)29/h4-7,11,17H,8-10H2,1-3H3,(H,19,23)(H,20,27)(H,25,26)/t17-/m0/s1. The van der Waals surface area contributed by atoms with Crippen molar-refractivity contribution in [2.75, 3.05) is 13.1 Å². The molecule has 0 aliphatic carbocycles. The van der Waals surface area contributed by atoms with E-state index in [1.165, 1.54) is 25.1 Å². The van der Waals surface area contributed by atoms with Crippen molar-refractivity contribution in [1.82, 2.24) is 15.5 Å². The quantitative estimate of drug-likeness (QED) is 0.370. The summed E-state index contributed by atoms with van der Waals surface area (Å²) in [5, 5.41) is 24.7. The lowest BCUT2D eigenvalue weighted by atomic mass is 10.00. The lowest BCUT2D eigenvalue weighted by Gasteiger charge is -2.33. The SMILES string of the molecule is CC(=O)NCC(=O)N(Cc1ccccc1[N+](=O)[O-])[C@H](C(=O)NCC(=O)O)C(C)C. The molecule has 0 aliphatic heterocycles. The fourth-order valence-corrected chi connectivity index (χ4v) is 2.72. The number of nitrogens with one attached hydrogen (secondary N) is 2. The van der Waals surface area contributed by atoms with Gasteiger partial charge in [0.1, 0.15) is 12.6 Å². The van der Waals surface area contributed by atoms with Crippen LogP contribution in [0.1, 0.15) is 26.3 Å². The highest BCUT2D eigenvalue weighted by atomic mass is 16.6. The van der Waals surface area contributed by atoms with Gasteiger partial charge in [0.15, 0.2) is 0 Å². The lowest BCUT2D eigenvalue weighted by Crippen LogP contribution is -2.54. The van der Waals surface area contributed by atoms with Crippen molar-refractivity contribution in [3.63, 3.8) is 0 Å². The van der Waals surface area contributed by atoms with Crippen LogP contribution in [-0.4, -0.2) is 57.8 Å². The molecule has 0 aromatic heterocycles. The fraction of sp³-hybridized carbons (Fsp3) is 0.444. The molecule has 1 aromatic carbocycles. The Hall–Kier alpha value is -3.50. The highest BCUT2D eigenvalue weighted by Gasteiger charge is 2.33. The number of para-hydroxylation sites is 1. The Kier molecular flexibility index (Phi) is 8.71. The van der Waals surface area contributed by atoms with Gasteiger partial charge in [-0.15, -0.1) is 0 Å².